The maximum absolute atomic E-state index is 12.2. The van der Waals surface area contributed by atoms with Crippen LogP contribution < -0.4 is 0 Å². The molecule has 0 heterocycles. The van der Waals surface area contributed by atoms with Crippen LogP contribution >= 0.6 is 0 Å². The van der Waals surface area contributed by atoms with E-state index < -0.39 is 11.9 Å². The molecule has 0 spiro atoms. The minimum absolute atomic E-state index is 0.288. The molecule has 0 aliphatic rings. The Labute approximate surface area is 123 Å². The molecular formula is C17H18O4. The van der Waals surface area contributed by atoms with E-state index in [0.717, 1.165) is 10.8 Å². The molecule has 0 bridgehead atoms. The van der Waals surface area contributed by atoms with Gasteiger partial charge in [0.05, 0.1) is 24.3 Å². The monoisotopic (exact) mass is 286 g/mol. The third-order valence-corrected chi connectivity index (χ3v) is 3.28. The third kappa shape index (κ3) is 2.89. The molecule has 0 fully saturated rings. The largest absolute Gasteiger partial charge is 0.462 e. The Morgan fingerprint density at radius 2 is 1.62 bits per heavy atom. The first kappa shape index (κ1) is 15.0. The summed E-state index contributed by atoms with van der Waals surface area (Å²) < 4.78 is 10.2. The number of ether oxygens (including phenoxy) is 2. The van der Waals surface area contributed by atoms with Gasteiger partial charge in [-0.2, -0.15) is 0 Å². The van der Waals surface area contributed by atoms with Crippen molar-refractivity contribution >= 4 is 22.7 Å². The van der Waals surface area contributed by atoms with Crippen LogP contribution in [0.2, 0.25) is 0 Å². The van der Waals surface area contributed by atoms with E-state index in [9.17, 15) is 9.59 Å². The zero-order valence-corrected chi connectivity index (χ0v) is 12.4. The molecule has 2 rings (SSSR count). The lowest BCUT2D eigenvalue weighted by molar-refractivity contribution is 0.0525. The van der Waals surface area contributed by atoms with Gasteiger partial charge in [0.2, 0.25) is 0 Å². The van der Waals surface area contributed by atoms with Crippen molar-refractivity contribution in [3.63, 3.8) is 0 Å². The standard InChI is InChI=1S/C17H18O4/c1-4-20-16(18)14-10-12-8-6-7-9-13(12)15(11(14)3)17(19)21-5-2/h6-10H,4-5H2,1-3H3. The molecule has 2 aromatic rings. The Hall–Kier alpha value is -2.36. The molecular weight excluding hydrogens is 268 g/mol. The zero-order valence-electron chi connectivity index (χ0n) is 12.4. The molecule has 4 heteroatoms. The summed E-state index contributed by atoms with van der Waals surface area (Å²) in [4.78, 5) is 24.3. The van der Waals surface area contributed by atoms with Gasteiger partial charge in [0.1, 0.15) is 0 Å². The highest BCUT2D eigenvalue weighted by molar-refractivity contribution is 6.09. The van der Waals surface area contributed by atoms with Crippen LogP contribution in [0.4, 0.5) is 0 Å². The van der Waals surface area contributed by atoms with Gasteiger partial charge < -0.3 is 9.47 Å². The van der Waals surface area contributed by atoms with Gasteiger partial charge in [-0.15, -0.1) is 0 Å². The second kappa shape index (κ2) is 6.39. The number of hydrogen-bond acceptors (Lipinski definition) is 4. The Kier molecular flexibility index (Phi) is 4.58. The Bertz CT molecular complexity index is 688. The van der Waals surface area contributed by atoms with Crippen molar-refractivity contribution in [2.45, 2.75) is 20.8 Å². The summed E-state index contributed by atoms with van der Waals surface area (Å²) in [5, 5.41) is 1.59. The molecule has 0 amide bonds. The molecule has 110 valence electrons. The molecule has 4 nitrogen and oxygen atoms in total. The van der Waals surface area contributed by atoms with Gasteiger partial charge in [-0.3, -0.25) is 0 Å². The van der Waals surface area contributed by atoms with E-state index in [2.05, 4.69) is 0 Å². The highest BCUT2D eigenvalue weighted by Gasteiger charge is 2.21. The van der Waals surface area contributed by atoms with Gasteiger partial charge in [-0.1, -0.05) is 24.3 Å². The van der Waals surface area contributed by atoms with Crippen molar-refractivity contribution in [3.05, 3.63) is 47.0 Å². The maximum Gasteiger partial charge on any atom is 0.339 e. The Morgan fingerprint density at radius 3 is 2.29 bits per heavy atom. The van der Waals surface area contributed by atoms with Gasteiger partial charge in [-0.25, -0.2) is 9.59 Å². The van der Waals surface area contributed by atoms with E-state index in [1.807, 2.05) is 24.3 Å². The van der Waals surface area contributed by atoms with Gasteiger partial charge in [-0.05, 0) is 43.2 Å². The maximum atomic E-state index is 12.2. The predicted octanol–water partition coefficient (Wildman–Crippen LogP) is 3.50. The first-order chi connectivity index (χ1) is 10.1. The zero-order chi connectivity index (χ0) is 15.4. The number of rotatable bonds is 4. The van der Waals surface area contributed by atoms with Gasteiger partial charge in [0.25, 0.3) is 0 Å². The van der Waals surface area contributed by atoms with Gasteiger partial charge in [0, 0.05) is 0 Å². The van der Waals surface area contributed by atoms with Crippen molar-refractivity contribution in [3.8, 4) is 0 Å². The average Bonchev–Trinajstić information content (AvgIpc) is 2.47. The molecule has 0 aromatic heterocycles. The molecule has 2 aromatic carbocycles. The summed E-state index contributed by atoms with van der Waals surface area (Å²) in [5.41, 5.74) is 1.42. The first-order valence-corrected chi connectivity index (χ1v) is 6.96. The topological polar surface area (TPSA) is 52.6 Å². The minimum atomic E-state index is -0.425. The summed E-state index contributed by atoms with van der Waals surface area (Å²) >= 11 is 0. The third-order valence-electron chi connectivity index (χ3n) is 3.28. The fraction of sp³-hybridized carbons (Fsp3) is 0.294. The quantitative estimate of drug-likeness (QED) is 0.807. The molecule has 21 heavy (non-hydrogen) atoms. The lowest BCUT2D eigenvalue weighted by Crippen LogP contribution is -2.13. The first-order valence-electron chi connectivity index (χ1n) is 6.96. The number of hydrogen-bond donors (Lipinski definition) is 0. The summed E-state index contributed by atoms with van der Waals surface area (Å²) in [7, 11) is 0. The Balaban J connectivity index is 2.70. The van der Waals surface area contributed by atoms with E-state index in [1.165, 1.54) is 0 Å². The van der Waals surface area contributed by atoms with Gasteiger partial charge in [0.15, 0.2) is 0 Å². The Morgan fingerprint density at radius 1 is 1.00 bits per heavy atom. The summed E-state index contributed by atoms with van der Waals surface area (Å²) in [6, 6.07) is 9.19. The van der Waals surface area contributed by atoms with E-state index in [0.29, 0.717) is 23.3 Å². The van der Waals surface area contributed by atoms with Crippen LogP contribution in [0.15, 0.2) is 30.3 Å². The van der Waals surface area contributed by atoms with Crippen LogP contribution in [0.5, 0.6) is 0 Å². The molecule has 0 saturated carbocycles. The molecule has 0 aliphatic heterocycles. The normalized spacial score (nSPS) is 10.4. The molecule has 0 atom stereocenters. The highest BCUT2D eigenvalue weighted by Crippen LogP contribution is 2.27. The van der Waals surface area contributed by atoms with Crippen molar-refractivity contribution < 1.29 is 19.1 Å². The molecule has 0 unspecified atom stereocenters. The van der Waals surface area contributed by atoms with Crippen LogP contribution in [0, 0.1) is 6.92 Å². The van der Waals surface area contributed by atoms with Crippen LogP contribution in [-0.4, -0.2) is 25.2 Å². The second-order valence-electron chi connectivity index (χ2n) is 4.59. The molecule has 0 aliphatic carbocycles. The molecule has 0 saturated heterocycles. The van der Waals surface area contributed by atoms with Gasteiger partial charge >= 0.3 is 11.9 Å². The van der Waals surface area contributed by atoms with E-state index >= 15 is 0 Å². The predicted molar refractivity (Wildman–Crippen MR) is 80.6 cm³/mol. The lowest BCUT2D eigenvalue weighted by atomic mass is 9.95. The van der Waals surface area contributed by atoms with E-state index in [4.69, 9.17) is 9.47 Å². The average molecular weight is 286 g/mol. The summed E-state index contributed by atoms with van der Waals surface area (Å²) in [6.07, 6.45) is 0. The number of fused-ring (bicyclic) bond motifs is 1. The summed E-state index contributed by atoms with van der Waals surface area (Å²) in [6.45, 7) is 5.83. The van der Waals surface area contributed by atoms with Crippen molar-refractivity contribution in [2.24, 2.45) is 0 Å². The number of carbonyl (C=O) groups is 2. The fourth-order valence-corrected chi connectivity index (χ4v) is 2.34. The minimum Gasteiger partial charge on any atom is -0.462 e. The van der Waals surface area contributed by atoms with Crippen molar-refractivity contribution in [1.29, 1.82) is 0 Å². The number of carbonyl (C=O) groups excluding carboxylic acids is 2. The van der Waals surface area contributed by atoms with Crippen LogP contribution in [-0.2, 0) is 9.47 Å². The summed E-state index contributed by atoms with van der Waals surface area (Å²) in [5.74, 6) is -0.844. The molecule has 0 radical (unpaired) electrons. The molecule has 0 N–H and O–H groups in total. The number of benzene rings is 2. The van der Waals surface area contributed by atoms with Crippen molar-refractivity contribution in [2.75, 3.05) is 13.2 Å². The fourth-order valence-electron chi connectivity index (χ4n) is 2.34. The lowest BCUT2D eigenvalue weighted by Gasteiger charge is -2.13. The second-order valence-corrected chi connectivity index (χ2v) is 4.59. The van der Waals surface area contributed by atoms with E-state index in [1.54, 1.807) is 26.8 Å². The van der Waals surface area contributed by atoms with Crippen LogP contribution in [0.3, 0.4) is 0 Å². The number of esters is 2. The van der Waals surface area contributed by atoms with Crippen LogP contribution in [0.1, 0.15) is 40.1 Å². The SMILES string of the molecule is CCOC(=O)c1cc2ccccc2c(C(=O)OCC)c1C. The van der Waals surface area contributed by atoms with Crippen molar-refractivity contribution in [1.82, 2.24) is 0 Å². The smallest absolute Gasteiger partial charge is 0.339 e. The van der Waals surface area contributed by atoms with Crippen LogP contribution in [0.25, 0.3) is 10.8 Å². The van der Waals surface area contributed by atoms with E-state index in [-0.39, 0.29) is 6.61 Å². The highest BCUT2D eigenvalue weighted by atomic mass is 16.5.